The highest BCUT2D eigenvalue weighted by molar-refractivity contribution is 6.43. The van der Waals surface area contributed by atoms with Gasteiger partial charge in [-0.25, -0.2) is 9.82 Å². The Morgan fingerprint density at radius 1 is 0.935 bits per heavy atom. The number of halogens is 3. The number of aromatic nitrogens is 3. The van der Waals surface area contributed by atoms with Gasteiger partial charge < -0.3 is 10.2 Å². The minimum absolute atomic E-state index is 0.273. The molecule has 2 heterocycles. The van der Waals surface area contributed by atoms with Crippen LogP contribution in [0.1, 0.15) is 24.8 Å². The number of anilines is 4. The van der Waals surface area contributed by atoms with Crippen LogP contribution in [0.2, 0.25) is 10.0 Å². The van der Waals surface area contributed by atoms with Crippen molar-refractivity contribution in [1.82, 2.24) is 15.0 Å². The van der Waals surface area contributed by atoms with Crippen LogP contribution in [-0.2, 0) is 0 Å². The van der Waals surface area contributed by atoms with E-state index in [0.717, 1.165) is 25.9 Å². The summed E-state index contributed by atoms with van der Waals surface area (Å²) in [6.45, 7) is 1.75. The molecule has 4 rings (SSSR count). The molecule has 7 nitrogen and oxygen atoms in total. The summed E-state index contributed by atoms with van der Waals surface area (Å²) in [7, 11) is 0. The lowest BCUT2D eigenvalue weighted by atomic mass is 10.1. The van der Waals surface area contributed by atoms with E-state index in [1.54, 1.807) is 36.5 Å². The van der Waals surface area contributed by atoms with E-state index in [-0.39, 0.29) is 11.8 Å². The first kappa shape index (κ1) is 21.3. The van der Waals surface area contributed by atoms with Crippen LogP contribution in [0, 0.1) is 5.82 Å². The molecule has 1 aliphatic heterocycles. The van der Waals surface area contributed by atoms with Gasteiger partial charge in [-0.05, 0) is 49.6 Å². The number of nitrogens with zero attached hydrogens (tertiary/aromatic N) is 5. The largest absolute Gasteiger partial charge is 0.341 e. The van der Waals surface area contributed by atoms with Crippen molar-refractivity contribution >= 4 is 52.9 Å². The smallest absolute Gasteiger partial charge is 0.250 e. The summed E-state index contributed by atoms with van der Waals surface area (Å²) in [6, 6.07) is 11.3. The lowest BCUT2D eigenvalue weighted by Crippen LogP contribution is -2.31. The van der Waals surface area contributed by atoms with Gasteiger partial charge in [0.1, 0.15) is 5.82 Å². The molecule has 0 bridgehead atoms. The van der Waals surface area contributed by atoms with Gasteiger partial charge in [0.25, 0.3) is 0 Å². The molecule has 10 heteroatoms. The number of nitrogens with one attached hydrogen (secondary N) is 2. The van der Waals surface area contributed by atoms with Gasteiger partial charge in [0.15, 0.2) is 0 Å². The molecule has 0 radical (unpaired) electrons. The lowest BCUT2D eigenvalue weighted by Gasteiger charge is -2.26. The van der Waals surface area contributed by atoms with Crippen LogP contribution in [0.25, 0.3) is 0 Å². The fourth-order valence-corrected chi connectivity index (χ4v) is 3.50. The van der Waals surface area contributed by atoms with Gasteiger partial charge in [0.05, 0.1) is 16.3 Å². The van der Waals surface area contributed by atoms with Gasteiger partial charge in [-0.15, -0.1) is 0 Å². The predicted octanol–water partition coefficient (Wildman–Crippen LogP) is 5.50. The molecule has 1 aromatic heterocycles. The summed E-state index contributed by atoms with van der Waals surface area (Å²) < 4.78 is 13.2. The number of rotatable bonds is 6. The van der Waals surface area contributed by atoms with Crippen LogP contribution in [-0.4, -0.2) is 34.3 Å². The molecule has 0 aliphatic carbocycles. The molecule has 31 heavy (non-hydrogen) atoms. The van der Waals surface area contributed by atoms with Crippen LogP contribution in [0.5, 0.6) is 0 Å². The fraction of sp³-hybridized carbons (Fsp3) is 0.238. The van der Waals surface area contributed by atoms with E-state index in [0.29, 0.717) is 33.2 Å². The average Bonchev–Trinajstić information content (AvgIpc) is 2.79. The molecule has 0 unspecified atom stereocenters. The maximum absolute atomic E-state index is 13.2. The molecular weight excluding hydrogens is 440 g/mol. The maximum Gasteiger partial charge on any atom is 0.250 e. The van der Waals surface area contributed by atoms with Crippen LogP contribution < -0.4 is 15.6 Å². The Kier molecular flexibility index (Phi) is 6.79. The SMILES string of the molecule is Fc1ccc(Nc2nc(NN=Cc3cccc(Cl)c3Cl)nc(N3CCCCC3)n2)cc1. The maximum atomic E-state index is 13.2. The van der Waals surface area contributed by atoms with Gasteiger partial charge in [0, 0.05) is 24.3 Å². The van der Waals surface area contributed by atoms with Gasteiger partial charge in [0.2, 0.25) is 17.8 Å². The minimum Gasteiger partial charge on any atom is -0.341 e. The second-order valence-electron chi connectivity index (χ2n) is 6.98. The summed E-state index contributed by atoms with van der Waals surface area (Å²) in [4.78, 5) is 15.5. The summed E-state index contributed by atoms with van der Waals surface area (Å²) >= 11 is 12.2. The Balaban J connectivity index is 1.58. The first-order valence-electron chi connectivity index (χ1n) is 9.85. The van der Waals surface area contributed by atoms with Gasteiger partial charge in [-0.2, -0.15) is 20.1 Å². The molecule has 0 amide bonds. The zero-order valence-electron chi connectivity index (χ0n) is 16.5. The summed E-state index contributed by atoms with van der Waals surface area (Å²) in [5.74, 6) is 0.847. The van der Waals surface area contributed by atoms with Crippen LogP contribution >= 0.6 is 23.2 Å². The van der Waals surface area contributed by atoms with E-state index >= 15 is 0 Å². The van der Waals surface area contributed by atoms with E-state index in [2.05, 4.69) is 35.7 Å². The van der Waals surface area contributed by atoms with Gasteiger partial charge in [-0.3, -0.25) is 0 Å². The van der Waals surface area contributed by atoms with Crippen molar-refractivity contribution < 1.29 is 4.39 Å². The average molecular weight is 460 g/mol. The standard InChI is InChI=1S/C21H20Cl2FN7/c22-17-6-4-5-14(18(17)23)13-25-30-20-27-19(26-16-9-7-15(24)8-10-16)28-21(29-20)31-11-2-1-3-12-31/h4-10,13H,1-3,11-12H2,(H2,26,27,28,29,30). The second kappa shape index (κ2) is 9.89. The quantitative estimate of drug-likeness (QED) is 0.374. The Bertz CT molecular complexity index is 1070. The number of hydrazone groups is 1. The van der Waals surface area contributed by atoms with Gasteiger partial charge in [-0.1, -0.05) is 35.3 Å². The Morgan fingerprint density at radius 2 is 1.68 bits per heavy atom. The van der Waals surface area contributed by atoms with Gasteiger partial charge >= 0.3 is 0 Å². The van der Waals surface area contributed by atoms with E-state index in [1.807, 2.05) is 0 Å². The normalized spacial score (nSPS) is 14.1. The third kappa shape index (κ3) is 5.59. The molecule has 3 aromatic rings. The second-order valence-corrected chi connectivity index (χ2v) is 7.76. The molecule has 1 aliphatic rings. The van der Waals surface area contributed by atoms with Crippen molar-refractivity contribution in [2.24, 2.45) is 5.10 Å². The third-order valence-corrected chi connectivity index (χ3v) is 5.55. The molecule has 0 saturated carbocycles. The monoisotopic (exact) mass is 459 g/mol. The van der Waals surface area contributed by atoms with Crippen molar-refractivity contribution in [2.75, 3.05) is 28.7 Å². The Labute approximate surface area is 189 Å². The molecule has 2 N–H and O–H groups in total. The number of hydrogen-bond donors (Lipinski definition) is 2. The van der Waals surface area contributed by atoms with Crippen molar-refractivity contribution in [2.45, 2.75) is 19.3 Å². The molecule has 1 saturated heterocycles. The first-order chi connectivity index (χ1) is 15.1. The zero-order chi connectivity index (χ0) is 21.6. The first-order valence-corrected chi connectivity index (χ1v) is 10.6. The molecule has 1 fully saturated rings. The third-order valence-electron chi connectivity index (χ3n) is 4.71. The number of hydrogen-bond acceptors (Lipinski definition) is 7. The van der Waals surface area contributed by atoms with E-state index in [9.17, 15) is 4.39 Å². The zero-order valence-corrected chi connectivity index (χ0v) is 18.0. The van der Waals surface area contributed by atoms with Crippen molar-refractivity contribution in [1.29, 1.82) is 0 Å². The highest BCUT2D eigenvalue weighted by atomic mass is 35.5. The molecular formula is C21H20Cl2FN7. The topological polar surface area (TPSA) is 78.3 Å². The summed E-state index contributed by atoms with van der Waals surface area (Å²) in [6.07, 6.45) is 4.91. The predicted molar refractivity (Wildman–Crippen MR) is 123 cm³/mol. The Morgan fingerprint density at radius 3 is 2.45 bits per heavy atom. The Hall–Kier alpha value is -2.97. The van der Waals surface area contributed by atoms with Crippen molar-refractivity contribution in [3.05, 3.63) is 63.9 Å². The van der Waals surface area contributed by atoms with Crippen molar-refractivity contribution in [3.63, 3.8) is 0 Å². The van der Waals surface area contributed by atoms with Crippen LogP contribution in [0.15, 0.2) is 47.6 Å². The fourth-order valence-electron chi connectivity index (χ4n) is 3.15. The number of piperidine rings is 1. The molecule has 0 spiro atoms. The van der Waals surface area contributed by atoms with Crippen LogP contribution in [0.3, 0.4) is 0 Å². The van der Waals surface area contributed by atoms with Crippen molar-refractivity contribution in [3.8, 4) is 0 Å². The molecule has 160 valence electrons. The van der Waals surface area contributed by atoms with E-state index in [4.69, 9.17) is 23.2 Å². The van der Waals surface area contributed by atoms with E-state index in [1.165, 1.54) is 18.6 Å². The highest BCUT2D eigenvalue weighted by Crippen LogP contribution is 2.24. The number of benzene rings is 2. The molecule has 2 aromatic carbocycles. The lowest BCUT2D eigenvalue weighted by molar-refractivity contribution is 0.568. The summed E-state index contributed by atoms with van der Waals surface area (Å²) in [5.41, 5.74) is 4.16. The van der Waals surface area contributed by atoms with E-state index < -0.39 is 0 Å². The highest BCUT2D eigenvalue weighted by Gasteiger charge is 2.16. The summed E-state index contributed by atoms with van der Waals surface area (Å²) in [5, 5.41) is 8.15. The minimum atomic E-state index is -0.313. The van der Waals surface area contributed by atoms with Crippen LogP contribution in [0.4, 0.5) is 27.9 Å². The molecule has 0 atom stereocenters.